The molecule has 0 saturated heterocycles. The van der Waals surface area contributed by atoms with E-state index >= 15 is 0 Å². The number of hydrogen-bond donors (Lipinski definition) is 0. The lowest BCUT2D eigenvalue weighted by Gasteiger charge is -2.45. The van der Waals surface area contributed by atoms with Gasteiger partial charge in [0.1, 0.15) is 0 Å². The Hall–Kier alpha value is -10.7. The molecule has 0 N–H and O–H groups in total. The Morgan fingerprint density at radius 3 is 1.02 bits per heavy atom. The molecule has 0 aromatic heterocycles. The van der Waals surface area contributed by atoms with Crippen molar-refractivity contribution in [1.82, 2.24) is 0 Å². The van der Waals surface area contributed by atoms with Gasteiger partial charge in [-0.3, -0.25) is 0 Å². The fourth-order valence-corrected chi connectivity index (χ4v) is 20.6. The molecule has 0 radical (unpaired) electrons. The van der Waals surface area contributed by atoms with Crippen LogP contribution in [-0.2, 0) is 37.9 Å². The first-order valence-electron chi connectivity index (χ1n) is 44.0. The Morgan fingerprint density at radius 1 is 0.306 bits per heavy atom. The molecule has 16 rings (SSSR count). The van der Waals surface area contributed by atoms with Crippen LogP contribution in [0.25, 0.3) is 48.3 Å². The fourth-order valence-electron chi connectivity index (χ4n) is 18.3. The predicted octanol–water partition coefficient (Wildman–Crippen LogP) is 30.3. The van der Waals surface area contributed by atoms with Crippen molar-refractivity contribution in [3.8, 4) is 11.1 Å². The summed E-state index contributed by atoms with van der Waals surface area (Å²) in [7, 11) is -3.05. The summed E-state index contributed by atoms with van der Waals surface area (Å²) in [6, 6.07) is 95.8. The summed E-state index contributed by atoms with van der Waals surface area (Å²) in [6.45, 7) is 75.6. The van der Waals surface area contributed by atoms with Gasteiger partial charge in [-0.2, -0.15) is 0 Å². The fraction of sp³-hybridized carbons (Fsp3) is 0.319. The number of aryl methyl sites for hydroxylation is 2. The second kappa shape index (κ2) is 30.4. The van der Waals surface area contributed by atoms with Gasteiger partial charge in [0.05, 0.1) is 39.8 Å². The molecule has 0 aliphatic carbocycles. The molecule has 0 saturated carbocycles. The van der Waals surface area contributed by atoms with Crippen molar-refractivity contribution < 1.29 is 0 Å². The first kappa shape index (κ1) is 85.3. The van der Waals surface area contributed by atoms with Gasteiger partial charge in [-0.25, -0.2) is 4.85 Å². The van der Waals surface area contributed by atoms with Crippen molar-refractivity contribution in [2.45, 2.75) is 236 Å². The van der Waals surface area contributed by atoms with Gasteiger partial charge in [0.25, 0.3) is 6.71 Å². The Bertz CT molecular complexity index is 6320. The Kier molecular flexibility index (Phi) is 21.4. The standard InChI is InChI=1S/C57H67BN2.C56H61N3Si2/c1-36-31-50-52-51(32-36)60(47-28-23-40(55(8,9)10)33-44(47)37-17-19-38(20-18-37)53(2,3)4)49-30-25-42(57(14,15)16)35-46(49)58(52)45-34-41(56(11,12)13)24-29-48(45)59(50)43-26-21-39(22-27-43)54(5,6)7;1-37-15-19-39(20-16-37)58(41-23-27-43(28-24-41)60(9,10)11)51-35-49(55(2,3)4)45-32-34-48-52(36-50(56(5,6)7)46-31-33-47(51)53(45)54(46)48)59(40-21-17-38(57-8)18-22-40)42-25-29-44(30-26-42)61(12,13)14/h17-35H,1-16H3;15-36H,1-7,9-14H3. The Balaban J connectivity index is 0.000000188. The van der Waals surface area contributed by atoms with Crippen molar-refractivity contribution >= 4 is 156 Å². The lowest BCUT2D eigenvalue weighted by Crippen LogP contribution is -2.61. The van der Waals surface area contributed by atoms with Gasteiger partial charge < -0.3 is 19.6 Å². The summed E-state index contributed by atoms with van der Waals surface area (Å²) in [4.78, 5) is 13.8. The van der Waals surface area contributed by atoms with E-state index in [9.17, 15) is 0 Å². The molecule has 0 fully saturated rings. The van der Waals surface area contributed by atoms with E-state index < -0.39 is 16.1 Å². The largest absolute Gasteiger partial charge is 0.311 e. The lowest BCUT2D eigenvalue weighted by atomic mass is 9.33. The zero-order chi connectivity index (χ0) is 87.3. The summed E-state index contributed by atoms with van der Waals surface area (Å²) < 4.78 is 0. The molecule has 0 amide bonds. The average Bonchev–Trinajstić information content (AvgIpc) is 0.699. The molecule has 616 valence electrons. The zero-order valence-electron chi connectivity index (χ0n) is 78.0. The van der Waals surface area contributed by atoms with Crippen LogP contribution in [0.2, 0.25) is 39.3 Å². The van der Waals surface area contributed by atoms with Crippen LogP contribution in [0, 0.1) is 20.4 Å². The van der Waals surface area contributed by atoms with Crippen LogP contribution >= 0.6 is 0 Å². The number of anilines is 12. The summed E-state index contributed by atoms with van der Waals surface area (Å²) >= 11 is 0. The Labute approximate surface area is 728 Å². The highest BCUT2D eigenvalue weighted by Crippen LogP contribution is 2.54. The topological polar surface area (TPSA) is 17.3 Å². The zero-order valence-corrected chi connectivity index (χ0v) is 80.0. The average molecular weight is 1620 g/mol. The van der Waals surface area contributed by atoms with Crippen LogP contribution in [0.3, 0.4) is 0 Å². The van der Waals surface area contributed by atoms with E-state index in [-0.39, 0.29) is 44.6 Å². The van der Waals surface area contributed by atoms with Crippen molar-refractivity contribution in [2.24, 2.45) is 0 Å². The van der Waals surface area contributed by atoms with E-state index in [1.807, 2.05) is 12.1 Å². The highest BCUT2D eigenvalue weighted by Gasteiger charge is 2.45. The molecule has 14 aromatic carbocycles. The monoisotopic (exact) mass is 1620 g/mol. The van der Waals surface area contributed by atoms with Crippen LogP contribution in [0.1, 0.15) is 195 Å². The van der Waals surface area contributed by atoms with E-state index in [1.54, 1.807) is 0 Å². The molecule has 0 spiro atoms. The Morgan fingerprint density at radius 2 is 0.645 bits per heavy atom. The van der Waals surface area contributed by atoms with Crippen molar-refractivity contribution in [3.05, 3.63) is 310 Å². The van der Waals surface area contributed by atoms with Gasteiger partial charge >= 0.3 is 0 Å². The lowest BCUT2D eigenvalue weighted by molar-refractivity contribution is 0.590. The van der Waals surface area contributed by atoms with Gasteiger partial charge in [-0.1, -0.05) is 340 Å². The maximum atomic E-state index is 7.73. The highest BCUT2D eigenvalue weighted by molar-refractivity contribution is 7.00. The van der Waals surface area contributed by atoms with Crippen LogP contribution in [0.5, 0.6) is 0 Å². The first-order chi connectivity index (χ1) is 56.5. The highest BCUT2D eigenvalue weighted by atomic mass is 28.3. The summed E-state index contributed by atoms with van der Waals surface area (Å²) in [5.41, 5.74) is 33.1. The smallest absolute Gasteiger partial charge is 0.252 e. The van der Waals surface area contributed by atoms with Gasteiger partial charge in [0.15, 0.2) is 5.69 Å². The predicted molar refractivity (Wildman–Crippen MR) is 538 cm³/mol. The number of benzene rings is 14. The second-order valence-electron chi connectivity index (χ2n) is 44.2. The van der Waals surface area contributed by atoms with E-state index in [4.69, 9.17) is 6.57 Å². The van der Waals surface area contributed by atoms with Crippen LogP contribution in [-0.4, -0.2) is 22.9 Å². The molecule has 0 unspecified atom stereocenters. The maximum absolute atomic E-state index is 7.73. The summed E-state index contributed by atoms with van der Waals surface area (Å²) in [6.07, 6.45) is 0. The van der Waals surface area contributed by atoms with E-state index in [0.29, 0.717) is 5.69 Å². The van der Waals surface area contributed by atoms with Crippen LogP contribution < -0.4 is 46.4 Å². The first-order valence-corrected chi connectivity index (χ1v) is 51.0. The number of nitrogens with zero attached hydrogens (tertiary/aromatic N) is 5. The van der Waals surface area contributed by atoms with E-state index in [1.165, 1.54) is 160 Å². The normalized spacial score (nSPS) is 13.4. The minimum atomic E-state index is -1.54. The molecule has 121 heavy (non-hydrogen) atoms. The molecular formula is C113H128BN5Si2. The van der Waals surface area contributed by atoms with Gasteiger partial charge in [0, 0.05) is 67.5 Å². The van der Waals surface area contributed by atoms with Crippen molar-refractivity contribution in [2.75, 3.05) is 19.6 Å². The summed E-state index contributed by atoms with van der Waals surface area (Å²) in [5.74, 6) is 0. The molecule has 0 atom stereocenters. The molecular weight excluding hydrogens is 1490 g/mol. The van der Waals surface area contributed by atoms with Crippen LogP contribution in [0.4, 0.5) is 73.9 Å². The molecule has 2 heterocycles. The minimum Gasteiger partial charge on any atom is -0.311 e. The molecule has 0 bridgehead atoms. The third-order valence-electron chi connectivity index (χ3n) is 25.6. The van der Waals surface area contributed by atoms with Crippen molar-refractivity contribution in [3.63, 3.8) is 0 Å². The van der Waals surface area contributed by atoms with Crippen molar-refractivity contribution in [1.29, 1.82) is 0 Å². The van der Waals surface area contributed by atoms with Gasteiger partial charge in [-0.15, -0.1) is 0 Å². The third-order valence-corrected chi connectivity index (χ3v) is 29.7. The second-order valence-corrected chi connectivity index (χ2v) is 54.3. The minimum absolute atomic E-state index is 0.00632. The quantitative estimate of drug-likeness (QED) is 0.0729. The van der Waals surface area contributed by atoms with E-state index in [0.717, 1.165) is 28.4 Å². The molecule has 8 heteroatoms. The molecule has 14 aromatic rings. The van der Waals surface area contributed by atoms with Gasteiger partial charge in [0.2, 0.25) is 0 Å². The number of rotatable bonds is 11. The number of fused-ring (bicyclic) bond motifs is 4. The van der Waals surface area contributed by atoms with Gasteiger partial charge in [-0.05, 0) is 249 Å². The maximum Gasteiger partial charge on any atom is 0.252 e. The van der Waals surface area contributed by atoms with E-state index in [2.05, 4.69) is 460 Å². The molecule has 5 nitrogen and oxygen atoms in total. The number of hydrogen-bond acceptors (Lipinski definition) is 4. The summed E-state index contributed by atoms with van der Waals surface area (Å²) in [5, 5.41) is 10.5. The molecule has 2 aliphatic heterocycles. The molecule has 2 aliphatic rings. The van der Waals surface area contributed by atoms with Crippen LogP contribution in [0.15, 0.2) is 249 Å². The SMILES string of the molecule is Cc1cc2c3c(c1)N(c1ccc(C(C)(C)C)cc1-c1ccc(C(C)(C)C)cc1)c1ccc(C(C)(C)C)cc1B3c1cc(C(C)(C)C)ccc1N2c1ccc(C(C)(C)C)cc1.[C-]#[N+]c1ccc(N(c2ccc([Si](C)(C)C)cc2)c2cc(C(C)(C)C)c3ccc4c(N(c5ccc(C)cc5)c5ccc([Si](C)(C)C)cc5)cc(C(C)(C)C)c5ccc2c3c45)cc1. The third kappa shape index (κ3) is 16.3.